The van der Waals surface area contributed by atoms with Crippen molar-refractivity contribution in [2.45, 2.75) is 24.3 Å². The van der Waals surface area contributed by atoms with Crippen LogP contribution in [0.15, 0.2) is 47.4 Å². The van der Waals surface area contributed by atoms with Gasteiger partial charge in [-0.3, -0.25) is 4.79 Å². The summed E-state index contributed by atoms with van der Waals surface area (Å²) in [5, 5.41) is 3.65. The van der Waals surface area contributed by atoms with Gasteiger partial charge in [-0.15, -0.1) is 0 Å². The summed E-state index contributed by atoms with van der Waals surface area (Å²) in [6.45, 7) is 1.84. The maximum Gasteiger partial charge on any atom is 0.253 e. The van der Waals surface area contributed by atoms with E-state index in [1.807, 2.05) is 25.1 Å². The Morgan fingerprint density at radius 3 is 2.38 bits per heavy atom. The van der Waals surface area contributed by atoms with Gasteiger partial charge in [-0.25, -0.2) is 12.7 Å². The van der Waals surface area contributed by atoms with E-state index in [4.69, 9.17) is 23.2 Å². The van der Waals surface area contributed by atoms with Gasteiger partial charge in [-0.2, -0.15) is 0 Å². The predicted molar refractivity (Wildman–Crippen MR) is 104 cm³/mol. The maximum atomic E-state index is 12.6. The number of carbonyl (C=O) groups excluding carboxylic acids is 1. The Morgan fingerprint density at radius 2 is 1.77 bits per heavy atom. The van der Waals surface area contributed by atoms with Crippen molar-refractivity contribution in [1.29, 1.82) is 0 Å². The monoisotopic (exact) mass is 414 g/mol. The van der Waals surface area contributed by atoms with E-state index in [0.717, 1.165) is 9.87 Å². The van der Waals surface area contributed by atoms with Gasteiger partial charge in [0.15, 0.2) is 0 Å². The van der Waals surface area contributed by atoms with Gasteiger partial charge in [-0.1, -0.05) is 41.4 Å². The lowest BCUT2D eigenvalue weighted by Crippen LogP contribution is -2.34. The first-order valence-corrected chi connectivity index (χ1v) is 10.1. The minimum absolute atomic E-state index is 0.0100. The zero-order chi connectivity index (χ0) is 19.5. The number of hydrogen-bond donors (Lipinski definition) is 1. The number of nitrogens with zero attached hydrogens (tertiary/aromatic N) is 1. The van der Waals surface area contributed by atoms with Crippen molar-refractivity contribution >= 4 is 39.1 Å². The van der Waals surface area contributed by atoms with Crippen LogP contribution >= 0.6 is 23.2 Å². The number of carbonyl (C=O) groups is 1. The highest BCUT2D eigenvalue weighted by molar-refractivity contribution is 7.89. The van der Waals surface area contributed by atoms with Crippen LogP contribution in [0, 0.1) is 0 Å². The molecule has 1 atom stereocenters. The Kier molecular flexibility index (Phi) is 6.69. The van der Waals surface area contributed by atoms with Crippen LogP contribution in [-0.2, 0) is 16.4 Å². The summed E-state index contributed by atoms with van der Waals surface area (Å²) < 4.78 is 25.6. The third kappa shape index (κ3) is 4.76. The van der Waals surface area contributed by atoms with E-state index in [2.05, 4.69) is 5.32 Å². The molecule has 0 radical (unpaired) electrons. The molecular formula is C18H20Cl2N2O3S. The first-order chi connectivity index (χ1) is 12.1. The molecule has 0 heterocycles. The van der Waals surface area contributed by atoms with Crippen molar-refractivity contribution in [3.8, 4) is 0 Å². The molecule has 1 amide bonds. The molecule has 5 nitrogen and oxygen atoms in total. The molecule has 8 heteroatoms. The van der Waals surface area contributed by atoms with Gasteiger partial charge in [0.05, 0.1) is 15.5 Å². The van der Waals surface area contributed by atoms with Crippen LogP contribution in [0.2, 0.25) is 10.0 Å². The van der Waals surface area contributed by atoms with E-state index < -0.39 is 15.9 Å². The number of hydrogen-bond acceptors (Lipinski definition) is 3. The molecule has 0 bridgehead atoms. The molecule has 0 aliphatic carbocycles. The lowest BCUT2D eigenvalue weighted by molar-refractivity contribution is 0.0940. The SMILES string of the molecule is C[C@@H](Cc1ccccc1Cl)NC(=O)c1cc(S(=O)(=O)N(C)C)ccc1Cl. The summed E-state index contributed by atoms with van der Waals surface area (Å²) in [6.07, 6.45) is 0.540. The van der Waals surface area contributed by atoms with Crippen molar-refractivity contribution in [1.82, 2.24) is 9.62 Å². The summed E-state index contributed by atoms with van der Waals surface area (Å²) in [4.78, 5) is 12.6. The average molecular weight is 415 g/mol. The number of halogens is 2. The second-order valence-corrected chi connectivity index (χ2v) is 9.07. The molecule has 0 unspecified atom stereocenters. The highest BCUT2D eigenvalue weighted by Crippen LogP contribution is 2.23. The van der Waals surface area contributed by atoms with Gasteiger partial charge in [-0.05, 0) is 43.2 Å². The third-order valence-electron chi connectivity index (χ3n) is 3.82. The van der Waals surface area contributed by atoms with Gasteiger partial charge < -0.3 is 5.32 Å². The summed E-state index contributed by atoms with van der Waals surface area (Å²) in [6, 6.07) is 11.3. The molecule has 0 saturated carbocycles. The topological polar surface area (TPSA) is 66.5 Å². The van der Waals surface area contributed by atoms with Crippen molar-refractivity contribution in [2.75, 3.05) is 14.1 Å². The maximum absolute atomic E-state index is 12.6. The van der Waals surface area contributed by atoms with Crippen molar-refractivity contribution in [2.24, 2.45) is 0 Å². The summed E-state index contributed by atoms with van der Waals surface area (Å²) in [5.74, 6) is -0.439. The van der Waals surface area contributed by atoms with Crippen LogP contribution in [-0.4, -0.2) is 38.8 Å². The van der Waals surface area contributed by atoms with Crippen LogP contribution in [0.4, 0.5) is 0 Å². The van der Waals surface area contributed by atoms with Crippen molar-refractivity contribution in [3.63, 3.8) is 0 Å². The molecule has 140 valence electrons. The summed E-state index contributed by atoms with van der Waals surface area (Å²) in [5.41, 5.74) is 1.03. The molecule has 0 spiro atoms. The number of nitrogens with one attached hydrogen (secondary N) is 1. The zero-order valence-electron chi connectivity index (χ0n) is 14.7. The van der Waals surface area contributed by atoms with E-state index in [0.29, 0.717) is 11.4 Å². The molecule has 2 aromatic rings. The fourth-order valence-corrected chi connectivity index (χ4v) is 3.74. The Morgan fingerprint density at radius 1 is 1.12 bits per heavy atom. The highest BCUT2D eigenvalue weighted by Gasteiger charge is 2.21. The van der Waals surface area contributed by atoms with E-state index in [1.165, 1.54) is 32.3 Å². The Bertz CT molecular complexity index is 914. The normalized spacial score (nSPS) is 12.8. The number of rotatable bonds is 6. The average Bonchev–Trinajstić information content (AvgIpc) is 2.56. The van der Waals surface area contributed by atoms with E-state index >= 15 is 0 Å². The van der Waals surface area contributed by atoms with Gasteiger partial charge in [0.25, 0.3) is 5.91 Å². The number of sulfonamides is 1. The van der Waals surface area contributed by atoms with Gasteiger partial charge in [0.2, 0.25) is 10.0 Å². The third-order valence-corrected chi connectivity index (χ3v) is 6.33. The van der Waals surface area contributed by atoms with Gasteiger partial charge in [0, 0.05) is 25.2 Å². The van der Waals surface area contributed by atoms with Crippen LogP contribution in [0.25, 0.3) is 0 Å². The number of amides is 1. The second-order valence-electron chi connectivity index (χ2n) is 6.10. The zero-order valence-corrected chi connectivity index (χ0v) is 17.0. The Balaban J connectivity index is 2.20. The van der Waals surface area contributed by atoms with Gasteiger partial charge in [0.1, 0.15) is 0 Å². The quantitative estimate of drug-likeness (QED) is 0.784. The van der Waals surface area contributed by atoms with Crippen LogP contribution in [0.5, 0.6) is 0 Å². The summed E-state index contributed by atoms with van der Waals surface area (Å²) >= 11 is 12.2. The number of benzene rings is 2. The van der Waals surface area contributed by atoms with E-state index in [-0.39, 0.29) is 21.5 Å². The molecular weight excluding hydrogens is 395 g/mol. The lowest BCUT2D eigenvalue weighted by Gasteiger charge is -2.17. The first-order valence-electron chi connectivity index (χ1n) is 7.89. The standard InChI is InChI=1S/C18H20Cl2N2O3S/c1-12(10-13-6-4-5-7-16(13)19)21-18(23)15-11-14(8-9-17(15)20)26(24,25)22(2)3/h4-9,11-12H,10H2,1-3H3,(H,21,23)/t12-/m0/s1. The molecule has 0 aliphatic rings. The van der Waals surface area contributed by atoms with Crippen molar-refractivity contribution < 1.29 is 13.2 Å². The van der Waals surface area contributed by atoms with Crippen LogP contribution < -0.4 is 5.32 Å². The Hall–Kier alpha value is -1.60. The Labute approximate surface area is 164 Å². The van der Waals surface area contributed by atoms with Crippen molar-refractivity contribution in [3.05, 3.63) is 63.6 Å². The lowest BCUT2D eigenvalue weighted by atomic mass is 10.1. The molecule has 0 aromatic heterocycles. The van der Waals surface area contributed by atoms with Crippen LogP contribution in [0.1, 0.15) is 22.8 Å². The molecule has 2 rings (SSSR count). The van der Waals surface area contributed by atoms with Gasteiger partial charge >= 0.3 is 0 Å². The molecule has 26 heavy (non-hydrogen) atoms. The minimum atomic E-state index is -3.66. The first kappa shape index (κ1) is 20.7. The molecule has 0 saturated heterocycles. The predicted octanol–water partition coefficient (Wildman–Crippen LogP) is 3.60. The smallest absolute Gasteiger partial charge is 0.253 e. The molecule has 2 aromatic carbocycles. The van der Waals surface area contributed by atoms with E-state index in [9.17, 15) is 13.2 Å². The molecule has 0 aliphatic heterocycles. The highest BCUT2D eigenvalue weighted by atomic mass is 35.5. The molecule has 1 N–H and O–H groups in total. The second kappa shape index (κ2) is 8.39. The minimum Gasteiger partial charge on any atom is -0.349 e. The fourth-order valence-electron chi connectivity index (χ4n) is 2.40. The fraction of sp³-hybridized carbons (Fsp3) is 0.278. The molecule has 0 fully saturated rings. The van der Waals surface area contributed by atoms with Crippen LogP contribution in [0.3, 0.4) is 0 Å². The summed E-state index contributed by atoms with van der Waals surface area (Å²) in [7, 11) is -0.803. The van der Waals surface area contributed by atoms with E-state index in [1.54, 1.807) is 6.07 Å². The largest absolute Gasteiger partial charge is 0.349 e.